The Bertz CT molecular complexity index is 353. The van der Waals surface area contributed by atoms with Crippen LogP contribution >= 0.6 is 12.4 Å². The monoisotopic (exact) mass is 259 g/mol. The second kappa shape index (κ2) is 5.98. The standard InChI is InChI=1S/C12H17NO3.ClH/c1-15-10-6-8(9-4-3-5-13-9)7-11(16-2)12(10)14;/h6-7,9,13-14H,3-5H2,1-2H3;1H/t9-;/m0./s1. The molecule has 1 aliphatic heterocycles. The molecule has 0 saturated carbocycles. The highest BCUT2D eigenvalue weighted by Gasteiger charge is 2.20. The van der Waals surface area contributed by atoms with E-state index in [4.69, 9.17) is 9.47 Å². The van der Waals surface area contributed by atoms with Crippen LogP contribution < -0.4 is 14.8 Å². The zero-order valence-corrected chi connectivity index (χ0v) is 10.8. The average Bonchev–Trinajstić information content (AvgIpc) is 2.83. The predicted octanol–water partition coefficient (Wildman–Crippen LogP) is 2.26. The van der Waals surface area contributed by atoms with Crippen molar-refractivity contribution >= 4 is 12.4 Å². The van der Waals surface area contributed by atoms with Crippen LogP contribution in [-0.4, -0.2) is 25.9 Å². The number of benzene rings is 1. The van der Waals surface area contributed by atoms with Gasteiger partial charge in [0.2, 0.25) is 5.75 Å². The lowest BCUT2D eigenvalue weighted by Gasteiger charge is -2.15. The lowest BCUT2D eigenvalue weighted by molar-refractivity contribution is 0.338. The van der Waals surface area contributed by atoms with E-state index < -0.39 is 0 Å². The van der Waals surface area contributed by atoms with Crippen LogP contribution in [0, 0.1) is 0 Å². The molecule has 5 heteroatoms. The molecule has 1 saturated heterocycles. The van der Waals surface area contributed by atoms with E-state index in [2.05, 4.69) is 5.32 Å². The van der Waals surface area contributed by atoms with Gasteiger partial charge < -0.3 is 19.9 Å². The van der Waals surface area contributed by atoms with E-state index in [-0.39, 0.29) is 18.2 Å². The van der Waals surface area contributed by atoms with Crippen molar-refractivity contribution in [3.63, 3.8) is 0 Å². The van der Waals surface area contributed by atoms with Crippen molar-refractivity contribution in [1.29, 1.82) is 0 Å². The normalized spacial score (nSPS) is 18.6. The van der Waals surface area contributed by atoms with Gasteiger partial charge >= 0.3 is 0 Å². The van der Waals surface area contributed by atoms with Gasteiger partial charge in [-0.3, -0.25) is 0 Å². The molecule has 17 heavy (non-hydrogen) atoms. The molecule has 0 aromatic heterocycles. The fourth-order valence-electron chi connectivity index (χ4n) is 2.08. The minimum absolute atomic E-state index is 0. The van der Waals surface area contributed by atoms with Gasteiger partial charge in [0, 0.05) is 6.04 Å². The summed E-state index contributed by atoms with van der Waals surface area (Å²) in [5, 5.41) is 13.2. The first-order chi connectivity index (χ1) is 7.76. The van der Waals surface area contributed by atoms with Crippen LogP contribution in [0.15, 0.2) is 12.1 Å². The van der Waals surface area contributed by atoms with Crippen LogP contribution in [0.4, 0.5) is 0 Å². The lowest BCUT2D eigenvalue weighted by Crippen LogP contribution is -2.13. The summed E-state index contributed by atoms with van der Waals surface area (Å²) in [4.78, 5) is 0. The maximum Gasteiger partial charge on any atom is 0.200 e. The molecular formula is C12H18ClNO3. The smallest absolute Gasteiger partial charge is 0.200 e. The average molecular weight is 260 g/mol. The van der Waals surface area contributed by atoms with E-state index in [0.29, 0.717) is 17.5 Å². The molecule has 0 radical (unpaired) electrons. The number of phenolic OH excluding ortho intramolecular Hbond substituents is 1. The van der Waals surface area contributed by atoms with Crippen LogP contribution in [0.1, 0.15) is 24.4 Å². The molecule has 4 nitrogen and oxygen atoms in total. The van der Waals surface area contributed by atoms with E-state index in [9.17, 15) is 5.11 Å². The second-order valence-corrected chi connectivity index (χ2v) is 3.92. The molecule has 1 aliphatic rings. The number of nitrogens with one attached hydrogen (secondary N) is 1. The van der Waals surface area contributed by atoms with Gasteiger partial charge in [-0.2, -0.15) is 0 Å². The molecule has 2 N–H and O–H groups in total. The minimum Gasteiger partial charge on any atom is -0.502 e. The molecule has 1 atom stereocenters. The zero-order chi connectivity index (χ0) is 11.5. The Morgan fingerprint density at radius 1 is 1.24 bits per heavy atom. The van der Waals surface area contributed by atoms with Crippen molar-refractivity contribution in [2.45, 2.75) is 18.9 Å². The lowest BCUT2D eigenvalue weighted by atomic mass is 10.0. The highest BCUT2D eigenvalue weighted by atomic mass is 35.5. The summed E-state index contributed by atoms with van der Waals surface area (Å²) in [7, 11) is 3.08. The summed E-state index contributed by atoms with van der Waals surface area (Å²) in [5.74, 6) is 0.984. The minimum atomic E-state index is 0. The number of hydrogen-bond donors (Lipinski definition) is 2. The summed E-state index contributed by atoms with van der Waals surface area (Å²) >= 11 is 0. The molecule has 96 valence electrons. The Morgan fingerprint density at radius 2 is 1.82 bits per heavy atom. The van der Waals surface area contributed by atoms with Crippen LogP contribution in [0.3, 0.4) is 0 Å². The van der Waals surface area contributed by atoms with E-state index in [1.807, 2.05) is 12.1 Å². The SMILES string of the molecule is COc1cc([C@@H]2CCCN2)cc(OC)c1O.Cl. The van der Waals surface area contributed by atoms with Gasteiger partial charge in [0.05, 0.1) is 14.2 Å². The fourth-order valence-corrected chi connectivity index (χ4v) is 2.08. The Hall–Kier alpha value is -1.13. The van der Waals surface area contributed by atoms with E-state index in [0.717, 1.165) is 18.5 Å². The number of aromatic hydroxyl groups is 1. The summed E-state index contributed by atoms with van der Waals surface area (Å²) < 4.78 is 10.3. The van der Waals surface area contributed by atoms with Gasteiger partial charge in [-0.1, -0.05) is 0 Å². The van der Waals surface area contributed by atoms with Crippen molar-refractivity contribution < 1.29 is 14.6 Å². The topological polar surface area (TPSA) is 50.7 Å². The van der Waals surface area contributed by atoms with Crippen LogP contribution in [0.25, 0.3) is 0 Å². The summed E-state index contributed by atoms with van der Waals surface area (Å²) in [5.41, 5.74) is 1.10. The summed E-state index contributed by atoms with van der Waals surface area (Å²) in [6, 6.07) is 4.06. The molecule has 1 heterocycles. The van der Waals surface area contributed by atoms with Crippen LogP contribution in [0.2, 0.25) is 0 Å². The quantitative estimate of drug-likeness (QED) is 0.874. The molecule has 0 spiro atoms. The van der Waals surface area contributed by atoms with Gasteiger partial charge in [-0.05, 0) is 37.1 Å². The Morgan fingerprint density at radius 3 is 2.24 bits per heavy atom. The number of hydrogen-bond acceptors (Lipinski definition) is 4. The predicted molar refractivity (Wildman–Crippen MR) is 68.4 cm³/mol. The molecular weight excluding hydrogens is 242 g/mol. The van der Waals surface area contributed by atoms with Crippen LogP contribution in [0.5, 0.6) is 17.2 Å². The Labute approximate surface area is 107 Å². The molecule has 2 rings (SSSR count). The number of ether oxygens (including phenoxy) is 2. The largest absolute Gasteiger partial charge is 0.502 e. The van der Waals surface area contributed by atoms with Gasteiger partial charge in [0.1, 0.15) is 0 Å². The number of halogens is 1. The first-order valence-electron chi connectivity index (χ1n) is 5.44. The van der Waals surface area contributed by atoms with Gasteiger partial charge in [0.25, 0.3) is 0 Å². The van der Waals surface area contributed by atoms with Crippen LogP contribution in [-0.2, 0) is 0 Å². The highest BCUT2D eigenvalue weighted by molar-refractivity contribution is 5.85. The van der Waals surface area contributed by atoms with E-state index in [1.54, 1.807) is 14.2 Å². The van der Waals surface area contributed by atoms with Crippen molar-refractivity contribution in [2.24, 2.45) is 0 Å². The highest BCUT2D eigenvalue weighted by Crippen LogP contribution is 2.39. The van der Waals surface area contributed by atoms with Crippen molar-refractivity contribution in [1.82, 2.24) is 5.32 Å². The van der Waals surface area contributed by atoms with E-state index >= 15 is 0 Å². The Balaban J connectivity index is 0.00000144. The number of phenols is 1. The first-order valence-corrected chi connectivity index (χ1v) is 5.44. The third-order valence-electron chi connectivity index (χ3n) is 2.96. The fraction of sp³-hybridized carbons (Fsp3) is 0.500. The van der Waals surface area contributed by atoms with Gasteiger partial charge in [-0.15, -0.1) is 12.4 Å². The molecule has 1 aromatic carbocycles. The molecule has 0 amide bonds. The molecule has 0 aliphatic carbocycles. The molecule has 0 bridgehead atoms. The molecule has 1 fully saturated rings. The van der Waals surface area contributed by atoms with Crippen molar-refractivity contribution in [2.75, 3.05) is 20.8 Å². The van der Waals surface area contributed by atoms with E-state index in [1.165, 1.54) is 6.42 Å². The van der Waals surface area contributed by atoms with Gasteiger partial charge in [-0.25, -0.2) is 0 Å². The van der Waals surface area contributed by atoms with Gasteiger partial charge in [0.15, 0.2) is 11.5 Å². The maximum atomic E-state index is 9.79. The maximum absolute atomic E-state index is 9.79. The zero-order valence-electron chi connectivity index (χ0n) is 10.0. The first kappa shape index (κ1) is 13.9. The van der Waals surface area contributed by atoms with Crippen molar-refractivity contribution in [3.05, 3.63) is 17.7 Å². The number of rotatable bonds is 3. The van der Waals surface area contributed by atoms with Crippen molar-refractivity contribution in [3.8, 4) is 17.2 Å². The Kier molecular flexibility index (Phi) is 4.90. The summed E-state index contributed by atoms with van der Waals surface area (Å²) in [6.07, 6.45) is 2.28. The second-order valence-electron chi connectivity index (χ2n) is 3.92. The third kappa shape index (κ3) is 2.76. The number of methoxy groups -OCH3 is 2. The molecule has 0 unspecified atom stereocenters. The molecule has 1 aromatic rings. The summed E-state index contributed by atoms with van der Waals surface area (Å²) in [6.45, 7) is 1.04. The third-order valence-corrected chi connectivity index (χ3v) is 2.96.